The molecule has 11 nitrogen and oxygen atoms in total. The van der Waals surface area contributed by atoms with E-state index in [1.807, 2.05) is 58.9 Å². The lowest BCUT2D eigenvalue weighted by Gasteiger charge is -2.22. The van der Waals surface area contributed by atoms with Crippen LogP contribution in [-0.2, 0) is 41.5 Å². The number of hydrogen-bond acceptors (Lipinski definition) is 11. The number of hydrogen-bond donors (Lipinski definition) is 1. The highest BCUT2D eigenvalue weighted by atomic mass is 16.6. The molecule has 2 atom stereocenters. The fourth-order valence-electron chi connectivity index (χ4n) is 5.30. The number of fused-ring (bicyclic) bond motifs is 2. The number of ketones is 2. The molecule has 52 heavy (non-hydrogen) atoms. The standard InChI is InChI=1S/C21H26O5.C20H25NO5/c1-13(20(24)26-21(3,4)5)6-8-16(22)11-15-7-9-17-14(2)10-19(23)25-18(17)12-15;1-12-9-18(23)25-17-11-13(5-7-15(12)17)10-14(22)6-8-16(21)19(24)26-20(2,3)4/h7,9-10,12-13H,6,8,11H2,1-5H3;5,7,9,11,16H,6,8,10,21H2,1-4H3/t13-;16-/m00/s1. The summed E-state index contributed by atoms with van der Waals surface area (Å²) in [4.78, 5) is 71.2. The van der Waals surface area contributed by atoms with Gasteiger partial charge < -0.3 is 24.0 Å². The molecule has 2 heterocycles. The molecule has 0 saturated carbocycles. The predicted molar refractivity (Wildman–Crippen MR) is 199 cm³/mol. The minimum Gasteiger partial charge on any atom is -0.460 e. The fourth-order valence-corrected chi connectivity index (χ4v) is 5.30. The second kappa shape index (κ2) is 17.5. The highest BCUT2D eigenvalue weighted by Crippen LogP contribution is 2.21. The summed E-state index contributed by atoms with van der Waals surface area (Å²) in [6.45, 7) is 16.2. The molecule has 0 aliphatic heterocycles. The Labute approximate surface area is 303 Å². The van der Waals surface area contributed by atoms with Crippen LogP contribution >= 0.6 is 0 Å². The Kier molecular flexibility index (Phi) is 14.0. The number of carbonyl (C=O) groups excluding carboxylic acids is 4. The average Bonchev–Trinajstić information content (AvgIpc) is 3.00. The number of nitrogens with two attached hydrogens (primary N) is 1. The first-order chi connectivity index (χ1) is 24.1. The molecule has 0 bridgehead atoms. The van der Waals surface area contributed by atoms with Crippen molar-refractivity contribution in [2.45, 2.75) is 118 Å². The molecule has 4 aromatic rings. The maximum absolute atomic E-state index is 12.3. The minimum atomic E-state index is -0.824. The van der Waals surface area contributed by atoms with Gasteiger partial charge in [0.15, 0.2) is 0 Å². The summed E-state index contributed by atoms with van der Waals surface area (Å²) in [5.74, 6) is -1.12. The Morgan fingerprint density at radius 3 is 1.48 bits per heavy atom. The van der Waals surface area contributed by atoms with Crippen LogP contribution in [0.5, 0.6) is 0 Å². The molecule has 0 amide bonds. The molecule has 0 unspecified atom stereocenters. The van der Waals surface area contributed by atoms with Gasteiger partial charge in [0, 0.05) is 48.6 Å². The number of Topliss-reactive ketones (excluding diaryl/α,β-unsaturated/α-hetero) is 2. The number of benzene rings is 2. The van der Waals surface area contributed by atoms with E-state index in [0.717, 1.165) is 33.0 Å². The number of aryl methyl sites for hydroxylation is 2. The number of esters is 2. The number of ether oxygens (including phenoxy) is 2. The zero-order valence-corrected chi connectivity index (χ0v) is 31.7. The molecule has 0 fully saturated rings. The van der Waals surface area contributed by atoms with Crippen molar-refractivity contribution >= 4 is 45.4 Å². The lowest BCUT2D eigenvalue weighted by molar-refractivity contribution is -0.160. The van der Waals surface area contributed by atoms with Gasteiger partial charge >= 0.3 is 23.2 Å². The highest BCUT2D eigenvalue weighted by Gasteiger charge is 2.24. The van der Waals surface area contributed by atoms with Gasteiger partial charge in [-0.3, -0.25) is 19.2 Å². The topological polar surface area (TPSA) is 173 Å². The Hall–Kier alpha value is -4.90. The van der Waals surface area contributed by atoms with Crippen molar-refractivity contribution in [1.82, 2.24) is 0 Å². The van der Waals surface area contributed by atoms with Crippen molar-refractivity contribution < 1.29 is 37.5 Å². The summed E-state index contributed by atoms with van der Waals surface area (Å²) in [5.41, 5.74) is 8.03. The van der Waals surface area contributed by atoms with Crippen molar-refractivity contribution in [3.8, 4) is 0 Å². The molecule has 2 aromatic heterocycles. The van der Waals surface area contributed by atoms with Crippen LogP contribution in [0.15, 0.2) is 67.0 Å². The predicted octanol–water partition coefficient (Wildman–Crippen LogP) is 6.63. The Morgan fingerprint density at radius 1 is 0.654 bits per heavy atom. The Morgan fingerprint density at radius 2 is 1.06 bits per heavy atom. The van der Waals surface area contributed by atoms with Gasteiger partial charge in [0.25, 0.3) is 0 Å². The van der Waals surface area contributed by atoms with Crippen LogP contribution < -0.4 is 17.0 Å². The zero-order chi connectivity index (χ0) is 39.0. The van der Waals surface area contributed by atoms with Crippen LogP contribution in [0.4, 0.5) is 0 Å². The number of carbonyl (C=O) groups is 4. The fraction of sp³-hybridized carbons (Fsp3) is 0.463. The summed E-state index contributed by atoms with van der Waals surface area (Å²) in [6, 6.07) is 12.9. The van der Waals surface area contributed by atoms with E-state index in [1.165, 1.54) is 12.1 Å². The van der Waals surface area contributed by atoms with Crippen molar-refractivity contribution in [3.63, 3.8) is 0 Å². The summed E-state index contributed by atoms with van der Waals surface area (Å²) < 4.78 is 20.9. The van der Waals surface area contributed by atoms with Gasteiger partial charge in [-0.15, -0.1) is 0 Å². The van der Waals surface area contributed by atoms with Crippen LogP contribution in [0.2, 0.25) is 0 Å². The molecule has 11 heteroatoms. The average molecular weight is 718 g/mol. The summed E-state index contributed by atoms with van der Waals surface area (Å²) in [5, 5.41) is 1.70. The monoisotopic (exact) mass is 717 g/mol. The normalized spacial score (nSPS) is 12.8. The van der Waals surface area contributed by atoms with Crippen molar-refractivity contribution in [2.24, 2.45) is 11.7 Å². The third-order valence-corrected chi connectivity index (χ3v) is 7.94. The maximum Gasteiger partial charge on any atom is 0.336 e. The van der Waals surface area contributed by atoms with Crippen LogP contribution in [-0.4, -0.2) is 40.7 Å². The summed E-state index contributed by atoms with van der Waals surface area (Å²) >= 11 is 0. The van der Waals surface area contributed by atoms with Gasteiger partial charge in [0.2, 0.25) is 0 Å². The second-order valence-corrected chi connectivity index (χ2v) is 15.2. The van der Waals surface area contributed by atoms with E-state index < -0.39 is 34.5 Å². The molecule has 4 rings (SSSR count). The van der Waals surface area contributed by atoms with E-state index in [0.29, 0.717) is 24.0 Å². The summed E-state index contributed by atoms with van der Waals surface area (Å²) in [7, 11) is 0. The quantitative estimate of drug-likeness (QED) is 0.123. The zero-order valence-electron chi connectivity index (χ0n) is 31.7. The Bertz CT molecular complexity index is 1890. The smallest absolute Gasteiger partial charge is 0.336 e. The van der Waals surface area contributed by atoms with Crippen molar-refractivity contribution in [1.29, 1.82) is 0 Å². The molecule has 0 aliphatic rings. The lowest BCUT2D eigenvalue weighted by atomic mass is 9.99. The molecule has 280 valence electrons. The first kappa shape index (κ1) is 41.5. The van der Waals surface area contributed by atoms with Crippen LogP contribution in [0.1, 0.15) is 96.4 Å². The third kappa shape index (κ3) is 13.3. The van der Waals surface area contributed by atoms with E-state index in [4.69, 9.17) is 24.0 Å². The van der Waals surface area contributed by atoms with Crippen LogP contribution in [0, 0.1) is 19.8 Å². The third-order valence-electron chi connectivity index (χ3n) is 7.94. The first-order valence-corrected chi connectivity index (χ1v) is 17.4. The molecule has 0 spiro atoms. The second-order valence-electron chi connectivity index (χ2n) is 15.2. The van der Waals surface area contributed by atoms with E-state index >= 15 is 0 Å². The highest BCUT2D eigenvalue weighted by molar-refractivity contribution is 5.86. The first-order valence-electron chi connectivity index (χ1n) is 17.4. The van der Waals surface area contributed by atoms with Gasteiger partial charge in [0.05, 0.1) is 5.92 Å². The molecule has 0 radical (unpaired) electrons. The van der Waals surface area contributed by atoms with Crippen molar-refractivity contribution in [3.05, 3.63) is 91.6 Å². The molecular weight excluding hydrogens is 666 g/mol. The maximum atomic E-state index is 12.3. The molecular formula is C41H51NO10. The largest absolute Gasteiger partial charge is 0.460 e. The van der Waals surface area contributed by atoms with Crippen LogP contribution in [0.25, 0.3) is 21.9 Å². The minimum absolute atomic E-state index is 0.0368. The van der Waals surface area contributed by atoms with Gasteiger partial charge in [-0.2, -0.15) is 0 Å². The molecule has 2 aromatic carbocycles. The van der Waals surface area contributed by atoms with E-state index in [9.17, 15) is 28.8 Å². The molecule has 0 saturated heterocycles. The van der Waals surface area contributed by atoms with Crippen LogP contribution in [0.3, 0.4) is 0 Å². The molecule has 2 N–H and O–H groups in total. The van der Waals surface area contributed by atoms with E-state index in [1.54, 1.807) is 39.8 Å². The van der Waals surface area contributed by atoms with E-state index in [2.05, 4.69) is 0 Å². The summed E-state index contributed by atoms with van der Waals surface area (Å²) in [6.07, 6.45) is 1.60. The van der Waals surface area contributed by atoms with Gasteiger partial charge in [0.1, 0.15) is 40.0 Å². The van der Waals surface area contributed by atoms with Gasteiger partial charge in [-0.05, 0) is 103 Å². The van der Waals surface area contributed by atoms with E-state index in [-0.39, 0.29) is 49.1 Å². The number of rotatable bonds is 12. The van der Waals surface area contributed by atoms with Crippen molar-refractivity contribution in [2.75, 3.05) is 0 Å². The molecule has 0 aliphatic carbocycles. The van der Waals surface area contributed by atoms with Gasteiger partial charge in [-0.25, -0.2) is 9.59 Å². The Balaban J connectivity index is 0.000000280. The SMILES string of the molecule is Cc1cc(=O)oc2cc(CC(=O)CC[C@H](C)C(=O)OC(C)(C)C)ccc12.Cc1cc(=O)oc2cc(CC(=O)CC[C@H](N)C(=O)OC(C)(C)C)ccc12. The lowest BCUT2D eigenvalue weighted by Crippen LogP contribution is -2.37. The van der Waals surface area contributed by atoms with Gasteiger partial charge in [-0.1, -0.05) is 31.2 Å².